The first-order valence-electron chi connectivity index (χ1n) is 7.09. The van der Waals surface area contributed by atoms with E-state index in [1.807, 2.05) is 31.2 Å². The van der Waals surface area contributed by atoms with E-state index in [9.17, 15) is 13.2 Å². The molecule has 0 aliphatic rings. The van der Waals surface area contributed by atoms with Gasteiger partial charge in [0.05, 0.1) is 17.4 Å². The van der Waals surface area contributed by atoms with Crippen LogP contribution in [0.3, 0.4) is 0 Å². The van der Waals surface area contributed by atoms with Gasteiger partial charge in [-0.05, 0) is 42.3 Å². The van der Waals surface area contributed by atoms with Crippen LogP contribution in [-0.2, 0) is 21.1 Å². The second-order valence-corrected chi connectivity index (χ2v) is 8.37. The van der Waals surface area contributed by atoms with Crippen molar-refractivity contribution in [3.63, 3.8) is 0 Å². The van der Waals surface area contributed by atoms with Crippen molar-refractivity contribution >= 4 is 31.7 Å². The van der Waals surface area contributed by atoms with Crippen LogP contribution in [0.1, 0.15) is 24.1 Å². The van der Waals surface area contributed by atoms with Crippen molar-refractivity contribution in [2.45, 2.75) is 24.3 Å². The molecular formula is C17H18BrNO3S. The lowest BCUT2D eigenvalue weighted by molar-refractivity contribution is -0.121. The minimum atomic E-state index is -3.20. The molecule has 2 rings (SSSR count). The summed E-state index contributed by atoms with van der Waals surface area (Å²) in [6.07, 6.45) is 1.48. The third-order valence-corrected chi connectivity index (χ3v) is 5.12. The Hall–Kier alpha value is -1.66. The van der Waals surface area contributed by atoms with E-state index in [0.29, 0.717) is 6.42 Å². The molecule has 1 unspecified atom stereocenters. The monoisotopic (exact) mass is 395 g/mol. The second kappa shape index (κ2) is 7.27. The van der Waals surface area contributed by atoms with Crippen LogP contribution in [0.15, 0.2) is 57.9 Å². The molecule has 23 heavy (non-hydrogen) atoms. The summed E-state index contributed by atoms with van der Waals surface area (Å²) in [4.78, 5) is 12.4. The van der Waals surface area contributed by atoms with Crippen molar-refractivity contribution in [3.8, 4) is 0 Å². The SMILES string of the molecule is CC(NC(=O)Cc1ccc(Br)cc1)c1ccc(S(C)(=O)=O)cc1. The summed E-state index contributed by atoms with van der Waals surface area (Å²) < 4.78 is 23.9. The molecule has 1 amide bonds. The van der Waals surface area contributed by atoms with Crippen LogP contribution in [-0.4, -0.2) is 20.6 Å². The number of benzene rings is 2. The standard InChI is InChI=1S/C17H18BrNO3S/c1-12(14-5-9-16(10-6-14)23(2,21)22)19-17(20)11-13-3-7-15(18)8-4-13/h3-10,12H,11H2,1-2H3,(H,19,20). The van der Waals surface area contributed by atoms with Crippen LogP contribution < -0.4 is 5.32 Å². The van der Waals surface area contributed by atoms with E-state index in [0.717, 1.165) is 15.6 Å². The van der Waals surface area contributed by atoms with E-state index in [1.165, 1.54) is 6.26 Å². The lowest BCUT2D eigenvalue weighted by atomic mass is 10.1. The lowest BCUT2D eigenvalue weighted by Gasteiger charge is -2.15. The summed E-state index contributed by atoms with van der Waals surface area (Å²) >= 11 is 3.36. The van der Waals surface area contributed by atoms with Crippen molar-refractivity contribution in [1.29, 1.82) is 0 Å². The van der Waals surface area contributed by atoms with E-state index >= 15 is 0 Å². The molecule has 0 bridgehead atoms. The van der Waals surface area contributed by atoms with E-state index in [1.54, 1.807) is 24.3 Å². The molecular weight excluding hydrogens is 378 g/mol. The molecule has 1 N–H and O–H groups in total. The van der Waals surface area contributed by atoms with Gasteiger partial charge in [0.1, 0.15) is 0 Å². The molecule has 0 heterocycles. The number of halogens is 1. The van der Waals surface area contributed by atoms with Gasteiger partial charge in [-0.2, -0.15) is 0 Å². The molecule has 1 atom stereocenters. The maximum atomic E-state index is 12.1. The molecule has 0 spiro atoms. The smallest absolute Gasteiger partial charge is 0.224 e. The van der Waals surface area contributed by atoms with E-state index in [-0.39, 0.29) is 16.8 Å². The average molecular weight is 396 g/mol. The molecule has 0 radical (unpaired) electrons. The molecule has 0 aliphatic carbocycles. The highest BCUT2D eigenvalue weighted by atomic mass is 79.9. The van der Waals surface area contributed by atoms with Crippen LogP contribution in [0.25, 0.3) is 0 Å². The maximum Gasteiger partial charge on any atom is 0.224 e. The van der Waals surface area contributed by atoms with Crippen LogP contribution in [0.2, 0.25) is 0 Å². The molecule has 2 aromatic carbocycles. The number of nitrogens with one attached hydrogen (secondary N) is 1. The van der Waals surface area contributed by atoms with Gasteiger partial charge in [0.2, 0.25) is 5.91 Å². The van der Waals surface area contributed by atoms with Gasteiger partial charge < -0.3 is 5.32 Å². The predicted octanol–water partition coefficient (Wildman–Crippen LogP) is 3.27. The minimum absolute atomic E-state index is 0.0768. The van der Waals surface area contributed by atoms with E-state index in [2.05, 4.69) is 21.2 Å². The fourth-order valence-electron chi connectivity index (χ4n) is 2.17. The Kier molecular flexibility index (Phi) is 5.59. The van der Waals surface area contributed by atoms with Crippen LogP contribution in [0.5, 0.6) is 0 Å². The van der Waals surface area contributed by atoms with Crippen molar-refractivity contribution in [1.82, 2.24) is 5.32 Å². The number of hydrogen-bond donors (Lipinski definition) is 1. The van der Waals surface area contributed by atoms with Crippen LogP contribution in [0.4, 0.5) is 0 Å². The third kappa shape index (κ3) is 5.18. The topological polar surface area (TPSA) is 63.2 Å². The number of carbonyl (C=O) groups excluding carboxylic acids is 1. The van der Waals surface area contributed by atoms with E-state index < -0.39 is 9.84 Å². The Balaban J connectivity index is 1.99. The highest BCUT2D eigenvalue weighted by Crippen LogP contribution is 2.17. The number of carbonyl (C=O) groups is 1. The van der Waals surface area contributed by atoms with E-state index in [4.69, 9.17) is 0 Å². The molecule has 122 valence electrons. The Morgan fingerprint density at radius 3 is 2.17 bits per heavy atom. The zero-order valence-electron chi connectivity index (χ0n) is 12.9. The highest BCUT2D eigenvalue weighted by molar-refractivity contribution is 9.10. The van der Waals surface area contributed by atoms with Crippen LogP contribution >= 0.6 is 15.9 Å². The van der Waals surface area contributed by atoms with Crippen molar-refractivity contribution in [2.75, 3.05) is 6.26 Å². The molecule has 0 aliphatic heterocycles. The third-order valence-electron chi connectivity index (χ3n) is 3.46. The van der Waals surface area contributed by atoms with Gasteiger partial charge in [-0.1, -0.05) is 40.2 Å². The summed E-state index contributed by atoms with van der Waals surface area (Å²) in [5, 5.41) is 2.92. The fourth-order valence-corrected chi connectivity index (χ4v) is 3.06. The van der Waals surface area contributed by atoms with Crippen LogP contribution in [0, 0.1) is 0 Å². The Morgan fingerprint density at radius 1 is 1.09 bits per heavy atom. The molecule has 0 saturated heterocycles. The molecule has 4 nitrogen and oxygen atoms in total. The number of amides is 1. The molecule has 6 heteroatoms. The molecule has 0 aromatic heterocycles. The number of sulfone groups is 1. The van der Waals surface area contributed by atoms with Crippen molar-refractivity contribution in [2.24, 2.45) is 0 Å². The van der Waals surface area contributed by atoms with Gasteiger partial charge in [-0.3, -0.25) is 4.79 Å². The summed E-state index contributed by atoms with van der Waals surface area (Å²) in [6, 6.07) is 14.0. The first-order valence-corrected chi connectivity index (χ1v) is 9.78. The predicted molar refractivity (Wildman–Crippen MR) is 94.0 cm³/mol. The molecule has 0 saturated carbocycles. The fraction of sp³-hybridized carbons (Fsp3) is 0.235. The van der Waals surface area contributed by atoms with Gasteiger partial charge in [0.15, 0.2) is 9.84 Å². The average Bonchev–Trinajstić information content (AvgIpc) is 2.49. The lowest BCUT2D eigenvalue weighted by Crippen LogP contribution is -2.28. The largest absolute Gasteiger partial charge is 0.349 e. The maximum absolute atomic E-state index is 12.1. The summed E-state index contributed by atoms with van der Waals surface area (Å²) in [5.74, 6) is -0.0768. The minimum Gasteiger partial charge on any atom is -0.349 e. The van der Waals surface area contributed by atoms with Gasteiger partial charge in [-0.15, -0.1) is 0 Å². The van der Waals surface area contributed by atoms with Crippen molar-refractivity contribution in [3.05, 3.63) is 64.1 Å². The zero-order valence-corrected chi connectivity index (χ0v) is 15.3. The second-order valence-electron chi connectivity index (χ2n) is 5.43. The Morgan fingerprint density at radius 2 is 1.65 bits per heavy atom. The van der Waals surface area contributed by atoms with Gasteiger partial charge in [0.25, 0.3) is 0 Å². The number of hydrogen-bond acceptors (Lipinski definition) is 3. The first-order chi connectivity index (χ1) is 10.8. The highest BCUT2D eigenvalue weighted by Gasteiger charge is 2.12. The molecule has 0 fully saturated rings. The summed E-state index contributed by atoms with van der Waals surface area (Å²) in [7, 11) is -3.20. The van der Waals surface area contributed by atoms with Gasteiger partial charge >= 0.3 is 0 Å². The molecule has 2 aromatic rings. The Bertz CT molecular complexity index is 784. The quantitative estimate of drug-likeness (QED) is 0.844. The van der Waals surface area contributed by atoms with Gasteiger partial charge in [-0.25, -0.2) is 8.42 Å². The number of rotatable bonds is 5. The first kappa shape index (κ1) is 17.7. The zero-order chi connectivity index (χ0) is 17.0. The normalized spacial score (nSPS) is 12.7. The summed E-state index contributed by atoms with van der Waals surface area (Å²) in [5.41, 5.74) is 1.80. The summed E-state index contributed by atoms with van der Waals surface area (Å²) in [6.45, 7) is 1.87. The van der Waals surface area contributed by atoms with Gasteiger partial charge in [0, 0.05) is 10.7 Å². The van der Waals surface area contributed by atoms with Crippen molar-refractivity contribution < 1.29 is 13.2 Å². The Labute approximate surface area is 145 Å².